The van der Waals surface area contributed by atoms with Crippen LogP contribution >= 0.6 is 22.6 Å². The first-order valence-corrected chi connectivity index (χ1v) is 7.14. The number of rotatable bonds is 2. The number of phenols is 1. The molecule has 0 saturated carbocycles. The van der Waals surface area contributed by atoms with E-state index in [9.17, 15) is 9.90 Å². The number of aromatic hydroxyl groups is 1. The van der Waals surface area contributed by atoms with E-state index in [1.165, 1.54) is 0 Å². The molecule has 98 valence electrons. The van der Waals surface area contributed by atoms with Gasteiger partial charge in [-0.15, -0.1) is 0 Å². The number of amides is 1. The fourth-order valence-electron chi connectivity index (χ4n) is 2.20. The minimum atomic E-state index is -0.111. The predicted molar refractivity (Wildman–Crippen MR) is 78.8 cm³/mol. The van der Waals surface area contributed by atoms with Gasteiger partial charge < -0.3 is 15.3 Å². The van der Waals surface area contributed by atoms with Crippen LogP contribution in [-0.4, -0.2) is 42.1 Å². The Hall–Kier alpha value is -0.820. The molecule has 0 aromatic heterocycles. The van der Waals surface area contributed by atoms with E-state index in [1.807, 2.05) is 0 Å². The average molecular weight is 360 g/mol. The normalized spacial score (nSPS) is 19.6. The molecule has 1 saturated heterocycles. The van der Waals surface area contributed by atoms with E-state index in [0.29, 0.717) is 5.56 Å². The Morgan fingerprint density at radius 1 is 1.56 bits per heavy atom. The molecule has 1 amide bonds. The summed E-state index contributed by atoms with van der Waals surface area (Å²) >= 11 is 2.14. The maximum Gasteiger partial charge on any atom is 0.257 e. The molecule has 0 spiro atoms. The van der Waals surface area contributed by atoms with Crippen molar-refractivity contribution in [1.29, 1.82) is 0 Å². The molecule has 2 N–H and O–H groups in total. The van der Waals surface area contributed by atoms with Crippen LogP contribution in [0.25, 0.3) is 0 Å². The van der Waals surface area contributed by atoms with Crippen molar-refractivity contribution in [3.8, 4) is 5.75 Å². The molecular weight excluding hydrogens is 343 g/mol. The summed E-state index contributed by atoms with van der Waals surface area (Å²) in [6.07, 6.45) is 2.10. The fourth-order valence-corrected chi connectivity index (χ4v) is 2.69. The van der Waals surface area contributed by atoms with E-state index in [2.05, 4.69) is 27.9 Å². The van der Waals surface area contributed by atoms with Gasteiger partial charge in [-0.1, -0.05) is 0 Å². The van der Waals surface area contributed by atoms with E-state index < -0.39 is 0 Å². The topological polar surface area (TPSA) is 52.6 Å². The summed E-state index contributed by atoms with van der Waals surface area (Å²) in [5.41, 5.74) is 0.384. The maximum absolute atomic E-state index is 12.4. The summed E-state index contributed by atoms with van der Waals surface area (Å²) in [4.78, 5) is 14.1. The second-order valence-corrected chi connectivity index (χ2v) is 5.82. The van der Waals surface area contributed by atoms with Crippen molar-refractivity contribution in [3.05, 3.63) is 27.3 Å². The van der Waals surface area contributed by atoms with Gasteiger partial charge in [0, 0.05) is 23.2 Å². The molecular formula is C13H17IN2O2. The molecule has 1 fully saturated rings. The minimum absolute atomic E-state index is 0.0519. The second-order valence-electron chi connectivity index (χ2n) is 4.58. The first-order chi connectivity index (χ1) is 8.59. The Balaban J connectivity index is 2.16. The van der Waals surface area contributed by atoms with E-state index in [1.54, 1.807) is 30.1 Å². The lowest BCUT2D eigenvalue weighted by Crippen LogP contribution is -2.46. The van der Waals surface area contributed by atoms with Gasteiger partial charge in [0.25, 0.3) is 5.91 Å². The van der Waals surface area contributed by atoms with E-state index in [4.69, 9.17) is 0 Å². The maximum atomic E-state index is 12.4. The van der Waals surface area contributed by atoms with Gasteiger partial charge in [-0.25, -0.2) is 0 Å². The van der Waals surface area contributed by atoms with Gasteiger partial charge in [0.15, 0.2) is 0 Å². The molecule has 0 bridgehead atoms. The highest BCUT2D eigenvalue weighted by Crippen LogP contribution is 2.22. The molecule has 1 unspecified atom stereocenters. The number of benzene rings is 1. The van der Waals surface area contributed by atoms with Crippen LogP contribution in [0.2, 0.25) is 0 Å². The molecule has 5 heteroatoms. The zero-order valence-electron chi connectivity index (χ0n) is 10.3. The van der Waals surface area contributed by atoms with Crippen molar-refractivity contribution in [2.45, 2.75) is 18.9 Å². The van der Waals surface area contributed by atoms with Crippen molar-refractivity contribution in [2.75, 3.05) is 20.1 Å². The van der Waals surface area contributed by atoms with E-state index >= 15 is 0 Å². The lowest BCUT2D eigenvalue weighted by molar-refractivity contribution is 0.0705. The van der Waals surface area contributed by atoms with Crippen LogP contribution in [0.1, 0.15) is 23.2 Å². The quantitative estimate of drug-likeness (QED) is 0.792. The van der Waals surface area contributed by atoms with Crippen molar-refractivity contribution >= 4 is 28.5 Å². The van der Waals surface area contributed by atoms with Crippen molar-refractivity contribution in [1.82, 2.24) is 10.2 Å². The number of nitrogens with one attached hydrogen (secondary N) is 1. The lowest BCUT2D eigenvalue weighted by atomic mass is 10.0. The first kappa shape index (κ1) is 13.6. The SMILES string of the molecule is CN(C(=O)c1cc(I)ccc1O)C1CCCNC1. The van der Waals surface area contributed by atoms with Crippen LogP contribution in [0.5, 0.6) is 5.75 Å². The van der Waals surface area contributed by atoms with Crippen LogP contribution in [0.3, 0.4) is 0 Å². The smallest absolute Gasteiger partial charge is 0.257 e. The molecule has 1 heterocycles. The van der Waals surface area contributed by atoms with E-state index in [-0.39, 0.29) is 17.7 Å². The van der Waals surface area contributed by atoms with Gasteiger partial charge in [0.2, 0.25) is 0 Å². The van der Waals surface area contributed by atoms with Gasteiger partial charge in [0.1, 0.15) is 5.75 Å². The molecule has 1 aliphatic heterocycles. The molecule has 1 aromatic rings. The molecule has 1 aliphatic rings. The second kappa shape index (κ2) is 5.88. The Morgan fingerprint density at radius 2 is 2.33 bits per heavy atom. The molecule has 1 atom stereocenters. The van der Waals surface area contributed by atoms with Crippen LogP contribution in [0.4, 0.5) is 0 Å². The number of hydrogen-bond acceptors (Lipinski definition) is 3. The summed E-state index contributed by atoms with van der Waals surface area (Å²) in [5, 5.41) is 13.1. The number of hydrogen-bond donors (Lipinski definition) is 2. The molecule has 1 aromatic carbocycles. The summed E-state index contributed by atoms with van der Waals surface area (Å²) in [6, 6.07) is 5.30. The Bertz CT molecular complexity index is 445. The van der Waals surface area contributed by atoms with Crippen LogP contribution in [0.15, 0.2) is 18.2 Å². The van der Waals surface area contributed by atoms with Gasteiger partial charge in [-0.3, -0.25) is 4.79 Å². The molecule has 0 aliphatic carbocycles. The van der Waals surface area contributed by atoms with Gasteiger partial charge in [-0.05, 0) is 60.2 Å². The third kappa shape index (κ3) is 2.95. The predicted octanol–water partition coefficient (Wildman–Crippen LogP) is 1.82. The third-order valence-electron chi connectivity index (χ3n) is 3.33. The Morgan fingerprint density at radius 3 is 3.00 bits per heavy atom. The summed E-state index contributed by atoms with van der Waals surface area (Å²) in [6.45, 7) is 1.85. The van der Waals surface area contributed by atoms with Crippen molar-refractivity contribution in [2.24, 2.45) is 0 Å². The van der Waals surface area contributed by atoms with E-state index in [0.717, 1.165) is 29.5 Å². The number of carbonyl (C=O) groups is 1. The molecule has 0 radical (unpaired) electrons. The largest absolute Gasteiger partial charge is 0.507 e. The monoisotopic (exact) mass is 360 g/mol. The van der Waals surface area contributed by atoms with Crippen molar-refractivity contribution < 1.29 is 9.90 Å². The van der Waals surface area contributed by atoms with Gasteiger partial charge >= 0.3 is 0 Å². The number of nitrogens with zero attached hydrogens (tertiary/aromatic N) is 1. The van der Waals surface area contributed by atoms with Crippen LogP contribution in [0, 0.1) is 3.57 Å². The number of phenolic OH excluding ortho intramolecular Hbond substituents is 1. The molecule has 2 rings (SSSR count). The number of carbonyl (C=O) groups excluding carboxylic acids is 1. The number of halogens is 1. The molecule has 18 heavy (non-hydrogen) atoms. The highest BCUT2D eigenvalue weighted by atomic mass is 127. The Kier molecular flexibility index (Phi) is 4.45. The zero-order chi connectivity index (χ0) is 13.1. The summed E-state index contributed by atoms with van der Waals surface area (Å²) in [5.74, 6) is -0.0595. The van der Waals surface area contributed by atoms with Crippen LogP contribution < -0.4 is 5.32 Å². The van der Waals surface area contributed by atoms with Crippen LogP contribution in [-0.2, 0) is 0 Å². The van der Waals surface area contributed by atoms with Gasteiger partial charge in [-0.2, -0.15) is 0 Å². The minimum Gasteiger partial charge on any atom is -0.507 e. The molecule has 4 nitrogen and oxygen atoms in total. The average Bonchev–Trinajstić information content (AvgIpc) is 2.41. The zero-order valence-corrected chi connectivity index (χ0v) is 12.5. The third-order valence-corrected chi connectivity index (χ3v) is 4.00. The lowest BCUT2D eigenvalue weighted by Gasteiger charge is -2.31. The fraction of sp³-hybridized carbons (Fsp3) is 0.462. The Labute approximate surface area is 121 Å². The van der Waals surface area contributed by atoms with Crippen molar-refractivity contribution in [3.63, 3.8) is 0 Å². The summed E-state index contributed by atoms with van der Waals surface area (Å²) in [7, 11) is 1.80. The number of piperidine rings is 1. The number of likely N-dealkylation sites (N-methyl/N-ethyl adjacent to an activating group) is 1. The standard InChI is InChI=1S/C13H17IN2O2/c1-16(10-3-2-6-15-8-10)13(18)11-7-9(14)4-5-12(11)17/h4-5,7,10,15,17H,2-3,6,8H2,1H3. The highest BCUT2D eigenvalue weighted by Gasteiger charge is 2.24. The summed E-state index contributed by atoms with van der Waals surface area (Å²) < 4.78 is 0.948. The highest BCUT2D eigenvalue weighted by molar-refractivity contribution is 14.1. The van der Waals surface area contributed by atoms with Gasteiger partial charge in [0.05, 0.1) is 5.56 Å². The first-order valence-electron chi connectivity index (χ1n) is 6.06.